The average molecular weight is 369 g/mol. The number of benzene rings is 1. The molecule has 2 saturated heterocycles. The van der Waals surface area contributed by atoms with Gasteiger partial charge in [0.25, 0.3) is 0 Å². The fourth-order valence-electron chi connectivity index (χ4n) is 4.98. The molecule has 1 spiro atoms. The first-order chi connectivity index (χ1) is 13.3. The summed E-state index contributed by atoms with van der Waals surface area (Å²) in [6, 6.07) is 10.7. The fraction of sp³-hybridized carbons (Fsp3) is 0.591. The zero-order chi connectivity index (χ0) is 18.5. The highest BCUT2D eigenvalue weighted by Crippen LogP contribution is 2.45. The number of nitrogens with one attached hydrogen (secondary N) is 1. The smallest absolute Gasteiger partial charge is 0.120 e. The molecule has 5 heteroatoms. The SMILES string of the molecule is OCC1CN(CCc2ccccc2)CCC12CCN(Cc1ncc[nH]1)CC2. The van der Waals surface area contributed by atoms with Gasteiger partial charge in [0.2, 0.25) is 0 Å². The monoisotopic (exact) mass is 368 g/mol. The van der Waals surface area contributed by atoms with Gasteiger partial charge in [0, 0.05) is 38.0 Å². The van der Waals surface area contributed by atoms with Crippen LogP contribution in [0.2, 0.25) is 0 Å². The van der Waals surface area contributed by atoms with E-state index in [1.807, 2.05) is 12.4 Å². The van der Waals surface area contributed by atoms with Crippen molar-refractivity contribution in [2.75, 3.05) is 39.3 Å². The van der Waals surface area contributed by atoms with E-state index in [9.17, 15) is 5.11 Å². The molecule has 146 valence electrons. The number of aliphatic hydroxyl groups is 1. The standard InChI is InChI=1S/C22H32N4O/c27-18-20-16-25(12-6-19-4-2-1-3-5-19)13-7-22(20)8-14-26(15-9-22)17-21-23-10-11-24-21/h1-5,10-11,20,27H,6-9,12-18H2,(H,23,24). The van der Waals surface area contributed by atoms with E-state index < -0.39 is 0 Å². The Hall–Kier alpha value is -1.69. The van der Waals surface area contributed by atoms with E-state index in [0.717, 1.165) is 45.0 Å². The Kier molecular flexibility index (Phi) is 5.91. The third-order valence-electron chi connectivity index (χ3n) is 6.83. The molecule has 27 heavy (non-hydrogen) atoms. The second-order valence-electron chi connectivity index (χ2n) is 8.34. The topological polar surface area (TPSA) is 55.4 Å². The van der Waals surface area contributed by atoms with E-state index in [1.165, 1.54) is 31.4 Å². The number of imidazole rings is 1. The molecular weight excluding hydrogens is 336 g/mol. The highest BCUT2D eigenvalue weighted by molar-refractivity contribution is 5.15. The molecule has 3 heterocycles. The number of aromatic nitrogens is 2. The first-order valence-electron chi connectivity index (χ1n) is 10.4. The lowest BCUT2D eigenvalue weighted by Crippen LogP contribution is -2.53. The van der Waals surface area contributed by atoms with Gasteiger partial charge in [-0.15, -0.1) is 0 Å². The summed E-state index contributed by atoms with van der Waals surface area (Å²) in [7, 11) is 0. The van der Waals surface area contributed by atoms with Gasteiger partial charge < -0.3 is 15.0 Å². The zero-order valence-electron chi connectivity index (χ0n) is 16.2. The Morgan fingerprint density at radius 2 is 1.81 bits per heavy atom. The normalized spacial score (nSPS) is 23.7. The van der Waals surface area contributed by atoms with Crippen LogP contribution in [0.25, 0.3) is 0 Å². The van der Waals surface area contributed by atoms with Crippen molar-refractivity contribution in [1.29, 1.82) is 0 Å². The van der Waals surface area contributed by atoms with Gasteiger partial charge >= 0.3 is 0 Å². The van der Waals surface area contributed by atoms with Gasteiger partial charge in [0.1, 0.15) is 5.82 Å². The van der Waals surface area contributed by atoms with Crippen LogP contribution in [-0.4, -0.2) is 64.2 Å². The predicted molar refractivity (Wildman–Crippen MR) is 107 cm³/mol. The Labute approximate surface area is 162 Å². The quantitative estimate of drug-likeness (QED) is 0.823. The molecule has 1 aromatic heterocycles. The Morgan fingerprint density at radius 3 is 2.48 bits per heavy atom. The molecule has 1 aromatic carbocycles. The highest BCUT2D eigenvalue weighted by Gasteiger charge is 2.44. The minimum Gasteiger partial charge on any atom is -0.396 e. The van der Waals surface area contributed by atoms with Crippen molar-refractivity contribution in [3.8, 4) is 0 Å². The van der Waals surface area contributed by atoms with Gasteiger partial charge in [-0.1, -0.05) is 30.3 Å². The van der Waals surface area contributed by atoms with Crippen LogP contribution in [0.15, 0.2) is 42.7 Å². The van der Waals surface area contributed by atoms with Crippen molar-refractivity contribution in [3.05, 3.63) is 54.1 Å². The van der Waals surface area contributed by atoms with Crippen LogP contribution < -0.4 is 0 Å². The predicted octanol–water partition coefficient (Wildman–Crippen LogP) is 2.55. The van der Waals surface area contributed by atoms with Crippen molar-refractivity contribution in [1.82, 2.24) is 19.8 Å². The third-order valence-corrected chi connectivity index (χ3v) is 6.83. The maximum absolute atomic E-state index is 10.1. The summed E-state index contributed by atoms with van der Waals surface area (Å²) < 4.78 is 0. The van der Waals surface area contributed by atoms with Crippen molar-refractivity contribution < 1.29 is 5.11 Å². The molecule has 1 atom stereocenters. The van der Waals surface area contributed by atoms with E-state index in [1.54, 1.807) is 0 Å². The van der Waals surface area contributed by atoms with E-state index in [2.05, 4.69) is 50.1 Å². The van der Waals surface area contributed by atoms with Crippen LogP contribution in [0.5, 0.6) is 0 Å². The molecule has 0 aliphatic carbocycles. The molecule has 0 saturated carbocycles. The number of hydrogen-bond donors (Lipinski definition) is 2. The summed E-state index contributed by atoms with van der Waals surface area (Å²) in [5, 5.41) is 10.1. The first-order valence-corrected chi connectivity index (χ1v) is 10.4. The van der Waals surface area contributed by atoms with Crippen LogP contribution in [0.4, 0.5) is 0 Å². The van der Waals surface area contributed by atoms with Gasteiger partial charge in [0.15, 0.2) is 0 Å². The zero-order valence-corrected chi connectivity index (χ0v) is 16.2. The van der Waals surface area contributed by atoms with Gasteiger partial charge in [-0.25, -0.2) is 4.98 Å². The van der Waals surface area contributed by atoms with Crippen molar-refractivity contribution >= 4 is 0 Å². The second kappa shape index (κ2) is 8.55. The summed E-state index contributed by atoms with van der Waals surface area (Å²) in [6.07, 6.45) is 8.45. The molecule has 2 aromatic rings. The summed E-state index contributed by atoms with van der Waals surface area (Å²) in [5.74, 6) is 1.47. The van der Waals surface area contributed by atoms with Gasteiger partial charge in [-0.3, -0.25) is 4.90 Å². The first kappa shape index (κ1) is 18.7. The number of rotatable bonds is 6. The minimum absolute atomic E-state index is 0.319. The lowest BCUT2D eigenvalue weighted by Gasteiger charge is -2.51. The van der Waals surface area contributed by atoms with E-state index in [4.69, 9.17) is 0 Å². The lowest BCUT2D eigenvalue weighted by molar-refractivity contribution is -0.0428. The Morgan fingerprint density at radius 1 is 1.07 bits per heavy atom. The number of hydrogen-bond acceptors (Lipinski definition) is 4. The van der Waals surface area contributed by atoms with Crippen molar-refractivity contribution in [2.24, 2.45) is 11.3 Å². The van der Waals surface area contributed by atoms with Crippen molar-refractivity contribution in [3.63, 3.8) is 0 Å². The lowest BCUT2D eigenvalue weighted by atomic mass is 9.64. The van der Waals surface area contributed by atoms with Crippen LogP contribution in [0.1, 0.15) is 30.7 Å². The average Bonchev–Trinajstić information content (AvgIpc) is 3.23. The minimum atomic E-state index is 0.319. The number of piperidine rings is 2. The molecule has 0 radical (unpaired) electrons. The van der Waals surface area contributed by atoms with Crippen LogP contribution in [-0.2, 0) is 13.0 Å². The summed E-state index contributed by atoms with van der Waals surface area (Å²) in [5.41, 5.74) is 1.74. The van der Waals surface area contributed by atoms with E-state index >= 15 is 0 Å². The molecular formula is C22H32N4O. The molecule has 2 aliphatic heterocycles. The number of aromatic amines is 1. The van der Waals surface area contributed by atoms with Crippen LogP contribution in [0, 0.1) is 11.3 Å². The molecule has 2 fully saturated rings. The third kappa shape index (κ3) is 4.42. The molecule has 1 unspecified atom stereocenters. The number of nitrogens with zero attached hydrogens (tertiary/aromatic N) is 3. The van der Waals surface area contributed by atoms with Gasteiger partial charge in [-0.05, 0) is 56.3 Å². The Bertz CT molecular complexity index is 680. The van der Waals surface area contributed by atoms with E-state index in [0.29, 0.717) is 17.9 Å². The largest absolute Gasteiger partial charge is 0.396 e. The molecule has 5 nitrogen and oxygen atoms in total. The van der Waals surface area contributed by atoms with Crippen LogP contribution >= 0.6 is 0 Å². The van der Waals surface area contributed by atoms with Gasteiger partial charge in [-0.2, -0.15) is 0 Å². The molecule has 0 bridgehead atoms. The summed E-state index contributed by atoms with van der Waals surface area (Å²) in [4.78, 5) is 12.6. The second-order valence-corrected chi connectivity index (χ2v) is 8.34. The molecule has 2 N–H and O–H groups in total. The van der Waals surface area contributed by atoms with E-state index in [-0.39, 0.29) is 0 Å². The number of likely N-dealkylation sites (tertiary alicyclic amines) is 2. The fourth-order valence-corrected chi connectivity index (χ4v) is 4.98. The van der Waals surface area contributed by atoms with Gasteiger partial charge in [0.05, 0.1) is 6.54 Å². The maximum atomic E-state index is 10.1. The molecule has 2 aliphatic rings. The van der Waals surface area contributed by atoms with Crippen LogP contribution in [0.3, 0.4) is 0 Å². The highest BCUT2D eigenvalue weighted by atomic mass is 16.3. The summed E-state index contributed by atoms with van der Waals surface area (Å²) >= 11 is 0. The summed E-state index contributed by atoms with van der Waals surface area (Å²) in [6.45, 7) is 6.77. The van der Waals surface area contributed by atoms with Crippen molar-refractivity contribution in [2.45, 2.75) is 32.2 Å². The Balaban J connectivity index is 1.29. The number of H-pyrrole nitrogens is 1. The molecule has 4 rings (SSSR count). The number of aliphatic hydroxyl groups excluding tert-OH is 1. The maximum Gasteiger partial charge on any atom is 0.120 e. The molecule has 0 amide bonds.